The molecule has 1 amide bonds. The van der Waals surface area contributed by atoms with Crippen LogP contribution in [-0.2, 0) is 9.53 Å². The highest BCUT2D eigenvalue weighted by atomic mass is 16.5. The lowest BCUT2D eigenvalue weighted by molar-refractivity contribution is -0.119. The average molecular weight is 361 g/mol. The van der Waals surface area contributed by atoms with Crippen molar-refractivity contribution in [2.45, 2.75) is 19.8 Å². The van der Waals surface area contributed by atoms with Gasteiger partial charge in [-0.2, -0.15) is 0 Å². The van der Waals surface area contributed by atoms with Crippen molar-refractivity contribution in [3.8, 4) is 0 Å². The smallest absolute Gasteiger partial charge is 0.239 e. The van der Waals surface area contributed by atoms with Crippen LogP contribution in [0.4, 0.5) is 11.4 Å². The van der Waals surface area contributed by atoms with Gasteiger partial charge in [-0.3, -0.25) is 9.69 Å². The Morgan fingerprint density at radius 2 is 1.81 bits per heavy atom. The molecule has 6 heteroatoms. The largest absolute Gasteiger partial charge is 0.379 e. The van der Waals surface area contributed by atoms with Gasteiger partial charge < -0.3 is 20.3 Å². The third-order valence-electron chi connectivity index (χ3n) is 5.32. The van der Waals surface area contributed by atoms with Crippen LogP contribution in [0.1, 0.15) is 19.8 Å². The van der Waals surface area contributed by atoms with Crippen LogP contribution >= 0.6 is 0 Å². The van der Waals surface area contributed by atoms with Crippen molar-refractivity contribution in [2.24, 2.45) is 5.92 Å². The van der Waals surface area contributed by atoms with Crippen molar-refractivity contribution in [1.82, 2.24) is 10.2 Å². The van der Waals surface area contributed by atoms with Crippen LogP contribution in [0.5, 0.6) is 0 Å². The summed E-state index contributed by atoms with van der Waals surface area (Å²) in [5.41, 5.74) is 2.26. The van der Waals surface area contributed by atoms with Crippen molar-refractivity contribution < 1.29 is 9.53 Å². The Morgan fingerprint density at radius 3 is 2.50 bits per heavy atom. The van der Waals surface area contributed by atoms with Crippen LogP contribution in [0.2, 0.25) is 0 Å². The molecule has 0 spiro atoms. The summed E-state index contributed by atoms with van der Waals surface area (Å²) in [7, 11) is 0. The zero-order chi connectivity index (χ0) is 18.2. The molecule has 0 radical (unpaired) electrons. The van der Waals surface area contributed by atoms with Crippen molar-refractivity contribution in [3.05, 3.63) is 24.3 Å². The molecule has 2 fully saturated rings. The highest BCUT2D eigenvalue weighted by molar-refractivity contribution is 5.80. The van der Waals surface area contributed by atoms with Gasteiger partial charge in [-0.1, -0.05) is 6.92 Å². The number of carbonyl (C=O) groups is 1. The Morgan fingerprint density at radius 1 is 1.12 bits per heavy atom. The van der Waals surface area contributed by atoms with Gasteiger partial charge in [0, 0.05) is 50.6 Å². The number of anilines is 2. The van der Waals surface area contributed by atoms with Gasteiger partial charge in [0.2, 0.25) is 5.91 Å². The highest BCUT2D eigenvalue weighted by Crippen LogP contribution is 2.24. The minimum atomic E-state index is 0.0346. The van der Waals surface area contributed by atoms with E-state index in [9.17, 15) is 4.79 Å². The molecule has 1 aromatic carbocycles. The van der Waals surface area contributed by atoms with E-state index in [0.29, 0.717) is 13.1 Å². The second-order valence-corrected chi connectivity index (χ2v) is 7.37. The molecule has 0 unspecified atom stereocenters. The molecule has 2 N–H and O–H groups in total. The van der Waals surface area contributed by atoms with Crippen LogP contribution < -0.4 is 15.5 Å². The second kappa shape index (κ2) is 9.78. The summed E-state index contributed by atoms with van der Waals surface area (Å²) in [6.45, 7) is 9.99. The maximum absolute atomic E-state index is 12.0. The number of amides is 1. The molecule has 0 atom stereocenters. The predicted molar refractivity (Wildman–Crippen MR) is 106 cm³/mol. The quantitative estimate of drug-likeness (QED) is 0.776. The predicted octanol–water partition coefficient (Wildman–Crippen LogP) is 1.78. The first kappa shape index (κ1) is 19.0. The zero-order valence-electron chi connectivity index (χ0n) is 15.9. The van der Waals surface area contributed by atoms with Gasteiger partial charge >= 0.3 is 0 Å². The zero-order valence-corrected chi connectivity index (χ0v) is 15.9. The lowest BCUT2D eigenvalue weighted by Gasteiger charge is -2.32. The number of benzene rings is 1. The van der Waals surface area contributed by atoms with E-state index in [1.807, 2.05) is 0 Å². The van der Waals surface area contributed by atoms with Gasteiger partial charge in [0.1, 0.15) is 0 Å². The van der Waals surface area contributed by atoms with Crippen molar-refractivity contribution in [3.63, 3.8) is 0 Å². The fraction of sp³-hybridized carbons (Fsp3) is 0.650. The summed E-state index contributed by atoms with van der Waals surface area (Å²) in [4.78, 5) is 16.7. The molecule has 0 bridgehead atoms. The number of hydrogen-bond donors (Lipinski definition) is 2. The molecule has 26 heavy (non-hydrogen) atoms. The molecule has 0 saturated carbocycles. The summed E-state index contributed by atoms with van der Waals surface area (Å²) in [5.74, 6) is 0.876. The van der Waals surface area contributed by atoms with E-state index in [2.05, 4.69) is 51.6 Å². The maximum Gasteiger partial charge on any atom is 0.239 e. The Bertz CT molecular complexity index is 549. The van der Waals surface area contributed by atoms with Gasteiger partial charge in [0.15, 0.2) is 0 Å². The fourth-order valence-corrected chi connectivity index (χ4v) is 3.48. The Kier molecular flexibility index (Phi) is 7.14. The summed E-state index contributed by atoms with van der Waals surface area (Å²) in [6.07, 6.45) is 2.54. The molecule has 3 rings (SSSR count). The van der Waals surface area contributed by atoms with E-state index in [1.165, 1.54) is 18.5 Å². The van der Waals surface area contributed by atoms with Crippen LogP contribution in [0.3, 0.4) is 0 Å². The number of hydrogen-bond acceptors (Lipinski definition) is 5. The van der Waals surface area contributed by atoms with Crippen LogP contribution in [-0.4, -0.2) is 69.8 Å². The lowest BCUT2D eigenvalue weighted by Crippen LogP contribution is -2.42. The molecule has 0 aliphatic carbocycles. The number of morpholine rings is 1. The van der Waals surface area contributed by atoms with Crippen LogP contribution in [0.15, 0.2) is 24.3 Å². The third kappa shape index (κ3) is 5.88. The topological polar surface area (TPSA) is 56.8 Å². The van der Waals surface area contributed by atoms with Gasteiger partial charge in [-0.25, -0.2) is 0 Å². The van der Waals surface area contributed by atoms with Gasteiger partial charge in [0.05, 0.1) is 19.8 Å². The highest BCUT2D eigenvalue weighted by Gasteiger charge is 2.15. The van der Waals surface area contributed by atoms with Crippen LogP contribution in [0.25, 0.3) is 0 Å². The Balaban J connectivity index is 1.34. The van der Waals surface area contributed by atoms with Crippen molar-refractivity contribution >= 4 is 17.3 Å². The Hall–Kier alpha value is -1.79. The number of ether oxygens (including phenoxy) is 1. The average Bonchev–Trinajstić information content (AvgIpc) is 2.68. The number of nitrogens with zero attached hydrogens (tertiary/aromatic N) is 2. The SMILES string of the molecule is CC1CCN(c2ccc(NCC(=O)NCCN3CCOCC3)cc2)CC1. The molecule has 6 nitrogen and oxygen atoms in total. The molecule has 0 aromatic heterocycles. The molecule has 2 aliphatic rings. The number of nitrogens with one attached hydrogen (secondary N) is 2. The third-order valence-corrected chi connectivity index (χ3v) is 5.32. The Labute approximate surface area is 156 Å². The van der Waals surface area contributed by atoms with Crippen molar-refractivity contribution in [2.75, 3.05) is 69.2 Å². The molecule has 2 saturated heterocycles. The first-order valence-electron chi connectivity index (χ1n) is 9.86. The van der Waals surface area contributed by atoms with E-state index < -0.39 is 0 Å². The molecule has 144 valence electrons. The van der Waals surface area contributed by atoms with Crippen molar-refractivity contribution in [1.29, 1.82) is 0 Å². The first-order chi connectivity index (χ1) is 12.7. The number of carbonyl (C=O) groups excluding carboxylic acids is 1. The van der Waals surface area contributed by atoms with Gasteiger partial charge in [0.25, 0.3) is 0 Å². The number of piperidine rings is 1. The van der Waals surface area contributed by atoms with Gasteiger partial charge in [-0.05, 0) is 43.0 Å². The lowest BCUT2D eigenvalue weighted by atomic mass is 9.99. The summed E-state index contributed by atoms with van der Waals surface area (Å²) < 4.78 is 5.32. The van der Waals surface area contributed by atoms with E-state index in [0.717, 1.165) is 57.5 Å². The van der Waals surface area contributed by atoms with E-state index in [-0.39, 0.29) is 5.91 Å². The van der Waals surface area contributed by atoms with E-state index in [1.54, 1.807) is 0 Å². The molecule has 2 heterocycles. The summed E-state index contributed by atoms with van der Waals surface area (Å²) in [5, 5.41) is 6.18. The fourth-order valence-electron chi connectivity index (χ4n) is 3.48. The summed E-state index contributed by atoms with van der Waals surface area (Å²) >= 11 is 0. The maximum atomic E-state index is 12.0. The van der Waals surface area contributed by atoms with E-state index >= 15 is 0 Å². The molecular formula is C20H32N4O2. The minimum Gasteiger partial charge on any atom is -0.379 e. The van der Waals surface area contributed by atoms with Crippen LogP contribution in [0, 0.1) is 5.92 Å². The first-order valence-corrected chi connectivity index (χ1v) is 9.86. The van der Waals surface area contributed by atoms with E-state index in [4.69, 9.17) is 4.74 Å². The molecule has 2 aliphatic heterocycles. The standard InChI is InChI=1S/C20H32N4O2/c1-17-6-9-24(10-7-17)19-4-2-18(3-5-19)22-16-20(25)21-8-11-23-12-14-26-15-13-23/h2-5,17,22H,6-16H2,1H3,(H,21,25). The normalized spacial score (nSPS) is 19.3. The molecular weight excluding hydrogens is 328 g/mol. The summed E-state index contributed by atoms with van der Waals surface area (Å²) in [6, 6.07) is 8.42. The van der Waals surface area contributed by atoms with Gasteiger partial charge in [-0.15, -0.1) is 0 Å². The molecule has 1 aromatic rings. The monoisotopic (exact) mass is 360 g/mol. The number of rotatable bonds is 7. The minimum absolute atomic E-state index is 0.0346. The second-order valence-electron chi connectivity index (χ2n) is 7.37.